The van der Waals surface area contributed by atoms with Gasteiger partial charge in [-0.3, -0.25) is 0 Å². The zero-order valence-electron chi connectivity index (χ0n) is 8.78. The maximum atomic E-state index is 3.56. The Morgan fingerprint density at radius 3 is 1.00 bits per heavy atom. The molecule has 0 rings (SSSR count). The lowest BCUT2D eigenvalue weighted by molar-refractivity contribution is 0.737. The lowest BCUT2D eigenvalue weighted by Gasteiger charge is -1.79. The zero-order valence-corrected chi connectivity index (χ0v) is 8.78. The Balaban J connectivity index is -0.0000000787. The van der Waals surface area contributed by atoms with Crippen LogP contribution in [0, 0.1) is 5.92 Å². The van der Waals surface area contributed by atoms with Crippen LogP contribution in [0.2, 0.25) is 0 Å². The predicted octanol–water partition coefficient (Wildman–Crippen LogP) is 4.27. The fourth-order valence-corrected chi connectivity index (χ4v) is 0. The molecule has 0 N–H and O–H groups in total. The summed E-state index contributed by atoms with van der Waals surface area (Å²) in [6.45, 7) is 18.0. The van der Waals surface area contributed by atoms with Crippen molar-refractivity contribution in [2.45, 2.75) is 48.5 Å². The molecule has 0 radical (unpaired) electrons. The van der Waals surface area contributed by atoms with Crippen molar-refractivity contribution in [1.82, 2.24) is 0 Å². The number of hydrogen-bond acceptors (Lipinski definition) is 0. The molecule has 0 atom stereocenters. The fourth-order valence-electron chi connectivity index (χ4n) is 0. The van der Waals surface area contributed by atoms with Crippen LogP contribution in [-0.4, -0.2) is 0 Å². The molecule has 0 unspecified atom stereocenters. The number of hydrogen-bond donors (Lipinski definition) is 0. The van der Waals surface area contributed by atoms with Crippen LogP contribution < -0.4 is 0 Å². The van der Waals surface area contributed by atoms with Gasteiger partial charge in [-0.1, -0.05) is 40.2 Å². The van der Waals surface area contributed by atoms with E-state index in [-0.39, 0.29) is 0 Å². The molecule has 10 heavy (non-hydrogen) atoms. The molecule has 0 fully saturated rings. The first-order valence-electron chi connectivity index (χ1n) is 4.09. The van der Waals surface area contributed by atoms with E-state index in [1.165, 1.54) is 5.57 Å². The van der Waals surface area contributed by atoms with Crippen LogP contribution in [0.3, 0.4) is 0 Å². The number of allylic oxidation sites excluding steroid dienone is 1. The van der Waals surface area contributed by atoms with Crippen LogP contribution in [0.5, 0.6) is 0 Å². The maximum absolute atomic E-state index is 3.56. The Kier molecular flexibility index (Phi) is 26.0. The maximum Gasteiger partial charge on any atom is -0.0445 e. The van der Waals surface area contributed by atoms with Gasteiger partial charge in [0.2, 0.25) is 0 Å². The van der Waals surface area contributed by atoms with Crippen molar-refractivity contribution in [3.63, 3.8) is 0 Å². The summed E-state index contributed by atoms with van der Waals surface area (Å²) in [5.41, 5.74) is 1.17. The van der Waals surface area contributed by atoms with Gasteiger partial charge < -0.3 is 0 Å². The van der Waals surface area contributed by atoms with Crippen molar-refractivity contribution >= 4 is 0 Å². The standard InChI is InChI=1S/C4H10.C4H8.C2H6/c2*1-4(2)3;1-2/h4H,1-3H3;1H2,2-3H3;1-2H3. The lowest BCUT2D eigenvalue weighted by atomic mass is 10.3. The molecule has 0 aromatic rings. The molecule has 0 amide bonds. The van der Waals surface area contributed by atoms with Gasteiger partial charge in [0.15, 0.2) is 0 Å². The Bertz CT molecular complexity index is 44.3. The molecule has 0 aliphatic carbocycles. The van der Waals surface area contributed by atoms with Crippen LogP contribution in [0.15, 0.2) is 12.2 Å². The monoisotopic (exact) mass is 144 g/mol. The molecule has 0 heterocycles. The van der Waals surface area contributed by atoms with E-state index < -0.39 is 0 Å². The minimum absolute atomic E-state index is 0.833. The summed E-state index contributed by atoms with van der Waals surface area (Å²) < 4.78 is 0. The molecule has 0 aliphatic heterocycles. The first-order valence-corrected chi connectivity index (χ1v) is 4.09. The number of rotatable bonds is 0. The van der Waals surface area contributed by atoms with Crippen molar-refractivity contribution in [2.75, 3.05) is 0 Å². The van der Waals surface area contributed by atoms with Gasteiger partial charge in [0.25, 0.3) is 0 Å². The van der Waals surface area contributed by atoms with E-state index in [1.807, 2.05) is 27.7 Å². The summed E-state index contributed by atoms with van der Waals surface area (Å²) in [7, 11) is 0. The van der Waals surface area contributed by atoms with Crippen LogP contribution in [-0.2, 0) is 0 Å². The molecule has 0 aromatic heterocycles. The highest BCUT2D eigenvalue weighted by Gasteiger charge is 1.68. The Morgan fingerprint density at radius 2 is 1.00 bits per heavy atom. The molecule has 0 saturated carbocycles. The molecular weight excluding hydrogens is 120 g/mol. The topological polar surface area (TPSA) is 0 Å². The molecule has 0 saturated heterocycles. The zero-order chi connectivity index (χ0) is 9.15. The highest BCUT2D eigenvalue weighted by molar-refractivity contribution is 4.78. The van der Waals surface area contributed by atoms with E-state index >= 15 is 0 Å². The third kappa shape index (κ3) is 5200. The van der Waals surface area contributed by atoms with E-state index in [9.17, 15) is 0 Å². The molecule has 0 aliphatic rings. The smallest absolute Gasteiger partial charge is 0.0445 e. The average molecular weight is 144 g/mol. The second-order valence-corrected chi connectivity index (χ2v) is 2.94. The quantitative estimate of drug-likeness (QED) is 0.445. The summed E-state index contributed by atoms with van der Waals surface area (Å²) >= 11 is 0. The van der Waals surface area contributed by atoms with Crippen molar-refractivity contribution < 1.29 is 0 Å². The molecular formula is C10H24. The van der Waals surface area contributed by atoms with Gasteiger partial charge in [-0.15, -0.1) is 6.58 Å². The van der Waals surface area contributed by atoms with Crippen LogP contribution in [0.25, 0.3) is 0 Å². The second-order valence-electron chi connectivity index (χ2n) is 2.94. The lowest BCUT2D eigenvalue weighted by Crippen LogP contribution is -1.66. The summed E-state index contributed by atoms with van der Waals surface area (Å²) in [6, 6.07) is 0. The highest BCUT2D eigenvalue weighted by Crippen LogP contribution is 1.81. The molecule has 0 spiro atoms. The van der Waals surface area contributed by atoms with E-state index in [2.05, 4.69) is 27.4 Å². The molecule has 0 bridgehead atoms. The van der Waals surface area contributed by atoms with Crippen LogP contribution >= 0.6 is 0 Å². The minimum Gasteiger partial charge on any atom is -0.100 e. The summed E-state index contributed by atoms with van der Waals surface area (Å²) in [5.74, 6) is 0.833. The predicted molar refractivity (Wildman–Crippen MR) is 52.3 cm³/mol. The van der Waals surface area contributed by atoms with Crippen molar-refractivity contribution in [2.24, 2.45) is 5.92 Å². The van der Waals surface area contributed by atoms with Gasteiger partial charge in [0.1, 0.15) is 0 Å². The van der Waals surface area contributed by atoms with Crippen molar-refractivity contribution in [1.29, 1.82) is 0 Å². The third-order valence-electron chi connectivity index (χ3n) is 0. The average Bonchev–Trinajstić information content (AvgIpc) is 1.66. The van der Waals surface area contributed by atoms with E-state index in [0.717, 1.165) is 5.92 Å². The normalized spacial score (nSPS) is 6.80. The fraction of sp³-hybridized carbons (Fsp3) is 0.800. The summed E-state index contributed by atoms with van der Waals surface area (Å²) in [5, 5.41) is 0. The van der Waals surface area contributed by atoms with Crippen molar-refractivity contribution in [3.8, 4) is 0 Å². The van der Waals surface area contributed by atoms with Crippen LogP contribution in [0.1, 0.15) is 48.5 Å². The van der Waals surface area contributed by atoms with E-state index in [1.54, 1.807) is 0 Å². The van der Waals surface area contributed by atoms with Crippen molar-refractivity contribution in [3.05, 3.63) is 12.2 Å². The van der Waals surface area contributed by atoms with E-state index in [4.69, 9.17) is 0 Å². The first kappa shape index (κ1) is 16.4. The van der Waals surface area contributed by atoms with Gasteiger partial charge in [0, 0.05) is 0 Å². The van der Waals surface area contributed by atoms with Gasteiger partial charge >= 0.3 is 0 Å². The summed E-state index contributed by atoms with van der Waals surface area (Å²) in [4.78, 5) is 0. The molecule has 0 heteroatoms. The Hall–Kier alpha value is -0.260. The minimum atomic E-state index is 0.833. The SMILES string of the molecule is C=C(C)C.CC.CC(C)C. The van der Waals surface area contributed by atoms with Crippen LogP contribution in [0.4, 0.5) is 0 Å². The summed E-state index contributed by atoms with van der Waals surface area (Å²) in [6.07, 6.45) is 0. The molecule has 0 aromatic carbocycles. The van der Waals surface area contributed by atoms with Gasteiger partial charge in [-0.05, 0) is 19.8 Å². The first-order chi connectivity index (χ1) is 4.46. The third-order valence-corrected chi connectivity index (χ3v) is 0. The molecule has 64 valence electrons. The Morgan fingerprint density at radius 1 is 1.00 bits per heavy atom. The molecule has 0 nitrogen and oxygen atoms in total. The second kappa shape index (κ2) is 15.9. The highest BCUT2D eigenvalue weighted by atomic mass is 13.7. The van der Waals surface area contributed by atoms with Gasteiger partial charge in [-0.2, -0.15) is 0 Å². The largest absolute Gasteiger partial charge is 0.100 e. The van der Waals surface area contributed by atoms with Gasteiger partial charge in [-0.25, -0.2) is 0 Å². The van der Waals surface area contributed by atoms with E-state index in [0.29, 0.717) is 0 Å². The van der Waals surface area contributed by atoms with Gasteiger partial charge in [0.05, 0.1) is 0 Å². The Labute approximate surface area is 67.3 Å².